The van der Waals surface area contributed by atoms with Crippen LogP contribution in [0.3, 0.4) is 0 Å². The van der Waals surface area contributed by atoms with Gasteiger partial charge in [0.25, 0.3) is 0 Å². The van der Waals surface area contributed by atoms with E-state index in [0.29, 0.717) is 26.1 Å². The highest BCUT2D eigenvalue weighted by molar-refractivity contribution is 7.89. The Labute approximate surface area is 214 Å². The summed E-state index contributed by atoms with van der Waals surface area (Å²) in [5.41, 5.74) is 1.02. The maximum Gasteiger partial charge on any atom is 0.240 e. The van der Waals surface area contributed by atoms with Crippen molar-refractivity contribution < 1.29 is 18.3 Å². The Morgan fingerprint density at radius 2 is 1.46 bits per heavy atom. The Morgan fingerprint density at radius 1 is 0.914 bits per heavy atom. The molecule has 2 aromatic rings. The molecular formula is C28H48N2O4S. The van der Waals surface area contributed by atoms with E-state index in [1.165, 1.54) is 0 Å². The van der Waals surface area contributed by atoms with Gasteiger partial charge in [-0.1, -0.05) is 96.1 Å². The Kier molecular flexibility index (Phi) is 23.8. The molecule has 0 amide bonds. The molecule has 0 heterocycles. The fourth-order valence-corrected chi connectivity index (χ4v) is 4.08. The molecule has 35 heavy (non-hydrogen) atoms. The van der Waals surface area contributed by atoms with Crippen molar-refractivity contribution in [3.8, 4) is 0 Å². The van der Waals surface area contributed by atoms with Crippen LogP contribution in [0.5, 0.6) is 0 Å². The van der Waals surface area contributed by atoms with Crippen LogP contribution in [-0.2, 0) is 21.4 Å². The first-order chi connectivity index (χ1) is 17.0. The monoisotopic (exact) mass is 508 g/mol. The molecule has 0 spiro atoms. The molecule has 0 radical (unpaired) electrons. The van der Waals surface area contributed by atoms with Crippen molar-refractivity contribution in [2.24, 2.45) is 5.92 Å². The average molecular weight is 509 g/mol. The molecule has 2 aromatic carbocycles. The smallest absolute Gasteiger partial charge is 0.240 e. The molecule has 0 bridgehead atoms. The van der Waals surface area contributed by atoms with Gasteiger partial charge in [-0.05, 0) is 30.0 Å². The molecule has 0 fully saturated rings. The Morgan fingerprint density at radius 3 is 1.97 bits per heavy atom. The van der Waals surface area contributed by atoms with E-state index < -0.39 is 16.1 Å². The quantitative estimate of drug-likeness (QED) is 0.297. The van der Waals surface area contributed by atoms with Crippen LogP contribution in [-0.4, -0.2) is 45.9 Å². The third-order valence-electron chi connectivity index (χ3n) is 4.39. The van der Waals surface area contributed by atoms with Crippen molar-refractivity contribution in [3.63, 3.8) is 0 Å². The molecule has 0 saturated heterocycles. The molecule has 2 atom stereocenters. The van der Waals surface area contributed by atoms with Gasteiger partial charge < -0.3 is 15.2 Å². The molecule has 3 N–H and O–H groups in total. The van der Waals surface area contributed by atoms with Crippen LogP contribution in [0.2, 0.25) is 0 Å². The maximum atomic E-state index is 12.7. The molecule has 6 nitrogen and oxygen atoms in total. The highest BCUT2D eigenvalue weighted by Gasteiger charge is 2.20. The normalized spacial score (nSPS) is 11.9. The van der Waals surface area contributed by atoms with Crippen molar-refractivity contribution in [2.75, 3.05) is 26.3 Å². The minimum atomic E-state index is -3.66. The second kappa shape index (κ2) is 23.7. The van der Waals surface area contributed by atoms with Crippen LogP contribution >= 0.6 is 0 Å². The van der Waals surface area contributed by atoms with Crippen LogP contribution in [0.15, 0.2) is 78.2 Å². The molecule has 0 aromatic heterocycles. The first kappa shape index (κ1) is 35.1. The Hall–Kier alpha value is -2.03. The van der Waals surface area contributed by atoms with Gasteiger partial charge in [0.05, 0.1) is 24.2 Å². The predicted octanol–water partition coefficient (Wildman–Crippen LogP) is 5.40. The summed E-state index contributed by atoms with van der Waals surface area (Å²) in [7, 11) is -3.66. The molecule has 7 heteroatoms. The molecule has 2 unspecified atom stereocenters. The number of hydrogen-bond donors (Lipinski definition) is 3. The van der Waals surface area contributed by atoms with Gasteiger partial charge in [0.2, 0.25) is 10.0 Å². The van der Waals surface area contributed by atoms with E-state index in [4.69, 9.17) is 4.74 Å². The Balaban J connectivity index is 0. The molecule has 200 valence electrons. The van der Waals surface area contributed by atoms with Crippen molar-refractivity contribution in [3.05, 3.63) is 78.9 Å². The minimum Gasteiger partial charge on any atom is -0.396 e. The van der Waals surface area contributed by atoms with Crippen LogP contribution in [0, 0.1) is 5.92 Å². The number of allylic oxidation sites excluding steroid dienone is 1. The fraction of sp³-hybridized carbons (Fsp3) is 0.500. The van der Waals surface area contributed by atoms with Gasteiger partial charge >= 0.3 is 0 Å². The summed E-state index contributed by atoms with van der Waals surface area (Å²) < 4.78 is 33.9. The molecule has 2 rings (SSSR count). The van der Waals surface area contributed by atoms with E-state index >= 15 is 0 Å². The van der Waals surface area contributed by atoms with E-state index in [2.05, 4.69) is 16.6 Å². The van der Waals surface area contributed by atoms with E-state index in [1.807, 2.05) is 71.9 Å². The number of sulfonamides is 1. The summed E-state index contributed by atoms with van der Waals surface area (Å²) >= 11 is 0. The van der Waals surface area contributed by atoms with Gasteiger partial charge in [0.1, 0.15) is 0 Å². The molecular weight excluding hydrogens is 460 g/mol. The van der Waals surface area contributed by atoms with Gasteiger partial charge in [0.15, 0.2) is 0 Å². The number of rotatable bonds is 14. The average Bonchev–Trinajstić information content (AvgIpc) is 2.92. The first-order valence-electron chi connectivity index (χ1n) is 12.7. The van der Waals surface area contributed by atoms with E-state index in [0.717, 1.165) is 5.56 Å². The number of nitrogens with one attached hydrogen (secondary N) is 2. The van der Waals surface area contributed by atoms with Gasteiger partial charge in [-0.3, -0.25) is 0 Å². The molecule has 0 saturated carbocycles. The fourth-order valence-electron chi connectivity index (χ4n) is 2.83. The van der Waals surface area contributed by atoms with Crippen molar-refractivity contribution >= 4 is 10.0 Å². The van der Waals surface area contributed by atoms with Gasteiger partial charge in [-0.25, -0.2) is 13.1 Å². The summed E-state index contributed by atoms with van der Waals surface area (Å²) in [6.45, 7) is 17.3. The molecule has 0 aliphatic heterocycles. The third-order valence-corrected chi connectivity index (χ3v) is 5.92. The van der Waals surface area contributed by atoms with Crippen LogP contribution in [0.4, 0.5) is 0 Å². The zero-order chi connectivity index (χ0) is 27.0. The highest BCUT2D eigenvalue weighted by Crippen LogP contribution is 2.09. The lowest BCUT2D eigenvalue weighted by Crippen LogP contribution is -2.45. The number of aliphatic hydroxyl groups excluding tert-OH is 1. The zero-order valence-corrected chi connectivity index (χ0v) is 23.4. The summed E-state index contributed by atoms with van der Waals surface area (Å²) in [4.78, 5) is 0.216. The first-order valence-corrected chi connectivity index (χ1v) is 14.1. The topological polar surface area (TPSA) is 87.7 Å². The van der Waals surface area contributed by atoms with E-state index in [-0.39, 0.29) is 24.0 Å². The summed E-state index contributed by atoms with van der Waals surface area (Å²) in [6.07, 6.45) is 2.45. The van der Waals surface area contributed by atoms with Crippen molar-refractivity contribution in [1.82, 2.24) is 10.0 Å². The van der Waals surface area contributed by atoms with E-state index in [9.17, 15) is 13.5 Å². The van der Waals surface area contributed by atoms with Crippen LogP contribution in [0.25, 0.3) is 0 Å². The highest BCUT2D eigenvalue weighted by atomic mass is 32.2. The van der Waals surface area contributed by atoms with E-state index in [1.54, 1.807) is 36.4 Å². The summed E-state index contributed by atoms with van der Waals surface area (Å²) in [5, 5.41) is 12.6. The predicted molar refractivity (Wildman–Crippen MR) is 149 cm³/mol. The SMILES string of the molecule is C=CCC(CO)CNCC(COCc1ccccc1)NS(=O)(=O)c1ccccc1.CC.CC.CC. The lowest BCUT2D eigenvalue weighted by atomic mass is 10.1. The third kappa shape index (κ3) is 16.3. The minimum absolute atomic E-state index is 0.0455. The molecule has 0 aliphatic carbocycles. The summed E-state index contributed by atoms with van der Waals surface area (Å²) in [5.74, 6) is 0.0455. The number of benzene rings is 2. The van der Waals surface area contributed by atoms with Crippen LogP contribution in [0.1, 0.15) is 53.5 Å². The maximum absolute atomic E-state index is 12.7. The second-order valence-electron chi connectivity index (χ2n) is 6.86. The van der Waals surface area contributed by atoms with Crippen LogP contribution < -0.4 is 10.0 Å². The lowest BCUT2D eigenvalue weighted by molar-refractivity contribution is 0.103. The number of hydrogen-bond acceptors (Lipinski definition) is 5. The number of ether oxygens (including phenoxy) is 1. The second-order valence-corrected chi connectivity index (χ2v) is 8.58. The van der Waals surface area contributed by atoms with Gasteiger partial charge in [-0.15, -0.1) is 6.58 Å². The summed E-state index contributed by atoms with van der Waals surface area (Å²) in [6, 6.07) is 17.5. The van der Waals surface area contributed by atoms with Crippen molar-refractivity contribution in [2.45, 2.75) is 65.5 Å². The largest absolute Gasteiger partial charge is 0.396 e. The zero-order valence-electron chi connectivity index (χ0n) is 22.5. The Bertz CT molecular complexity index is 815. The van der Waals surface area contributed by atoms with Crippen molar-refractivity contribution in [1.29, 1.82) is 0 Å². The molecule has 0 aliphatic rings. The van der Waals surface area contributed by atoms with Gasteiger partial charge in [-0.2, -0.15) is 0 Å². The lowest BCUT2D eigenvalue weighted by Gasteiger charge is -2.21. The standard InChI is InChI=1S/C22H30N2O4S.3C2H6/c1-2-9-20(16-25)14-23-15-21(18-28-17-19-10-5-3-6-11-19)24-29(26,27)22-12-7-4-8-13-22;3*1-2/h2-8,10-13,20-21,23-25H,1,9,14-18H2;3*1-2H3. The number of aliphatic hydroxyl groups is 1. The van der Waals surface area contributed by atoms with Gasteiger partial charge in [0, 0.05) is 19.7 Å².